The van der Waals surface area contributed by atoms with Gasteiger partial charge in [0, 0.05) is 0 Å². The van der Waals surface area contributed by atoms with E-state index in [-0.39, 0.29) is 21.9 Å². The van der Waals surface area contributed by atoms with E-state index in [1.807, 2.05) is 0 Å². The van der Waals surface area contributed by atoms with Crippen LogP contribution < -0.4 is 0 Å². The van der Waals surface area contributed by atoms with E-state index in [2.05, 4.69) is 10.2 Å². The Morgan fingerprint density at radius 2 is 1.56 bits per heavy atom. The maximum atomic E-state index is 11.2. The maximum Gasteiger partial charge on any atom is 0.339 e. The van der Waals surface area contributed by atoms with Crippen LogP contribution in [0.1, 0.15) is 15.9 Å². The van der Waals surface area contributed by atoms with Crippen LogP contribution in [0, 0.1) is 6.92 Å². The molecule has 0 aliphatic heterocycles. The first-order valence-electron chi connectivity index (χ1n) is 7.65. The molecule has 27 heavy (non-hydrogen) atoms. The van der Waals surface area contributed by atoms with Crippen LogP contribution in [0.5, 0.6) is 5.75 Å². The lowest BCUT2D eigenvalue weighted by atomic mass is 10.1. The van der Waals surface area contributed by atoms with Gasteiger partial charge in [-0.2, -0.15) is 18.6 Å². The summed E-state index contributed by atoms with van der Waals surface area (Å²) in [5.74, 6) is -1.59. The molecule has 0 spiro atoms. The van der Waals surface area contributed by atoms with Crippen molar-refractivity contribution in [2.24, 2.45) is 10.2 Å². The minimum absolute atomic E-state index is 0.204. The molecule has 3 N–H and O–H groups in total. The molecule has 0 amide bonds. The van der Waals surface area contributed by atoms with Crippen molar-refractivity contribution >= 4 is 38.2 Å². The van der Waals surface area contributed by atoms with Crippen LogP contribution >= 0.6 is 0 Å². The van der Waals surface area contributed by atoms with Gasteiger partial charge in [0.1, 0.15) is 11.3 Å². The number of carboxylic acids is 1. The smallest absolute Gasteiger partial charge is 0.339 e. The first-order valence-corrected chi connectivity index (χ1v) is 9.09. The summed E-state index contributed by atoms with van der Waals surface area (Å²) in [6.45, 7) is 1.56. The monoisotopic (exact) mass is 386 g/mol. The standard InChI is InChI=1S/C18H14N2O6S/c1-10-6-14(9-16(17(10)21)18(22)23)20-19-13-4-2-12-8-15(27(24,25)26)5-3-11(12)7-13/h2-9,21H,1H3,(H,22,23)(H,24,25,26). The molecule has 0 atom stereocenters. The summed E-state index contributed by atoms with van der Waals surface area (Å²) in [7, 11) is -4.28. The number of phenols is 1. The summed E-state index contributed by atoms with van der Waals surface area (Å²) >= 11 is 0. The molecule has 0 heterocycles. The van der Waals surface area contributed by atoms with E-state index in [1.54, 1.807) is 25.1 Å². The van der Waals surface area contributed by atoms with Crippen LogP contribution in [0.15, 0.2) is 63.7 Å². The summed E-state index contributed by atoms with van der Waals surface area (Å²) in [6, 6.07) is 11.8. The number of aromatic carboxylic acids is 1. The molecule has 0 saturated heterocycles. The quantitative estimate of drug-likeness (QED) is 0.454. The van der Waals surface area contributed by atoms with Crippen LogP contribution in [0.2, 0.25) is 0 Å². The van der Waals surface area contributed by atoms with E-state index >= 15 is 0 Å². The van der Waals surface area contributed by atoms with E-state index in [1.165, 1.54) is 30.3 Å². The van der Waals surface area contributed by atoms with Crippen molar-refractivity contribution in [3.05, 3.63) is 59.7 Å². The number of hydrogen-bond acceptors (Lipinski definition) is 6. The van der Waals surface area contributed by atoms with Crippen molar-refractivity contribution in [1.82, 2.24) is 0 Å². The summed E-state index contributed by atoms with van der Waals surface area (Å²) in [5, 5.41) is 28.2. The van der Waals surface area contributed by atoms with E-state index < -0.39 is 16.1 Å². The second-order valence-corrected chi connectivity index (χ2v) is 7.25. The van der Waals surface area contributed by atoms with Crippen LogP contribution in [0.25, 0.3) is 10.8 Å². The molecular weight excluding hydrogens is 372 g/mol. The minimum atomic E-state index is -4.28. The summed E-state index contributed by atoms with van der Waals surface area (Å²) in [6.07, 6.45) is 0. The average Bonchev–Trinajstić information content (AvgIpc) is 2.60. The number of benzene rings is 3. The number of nitrogens with zero attached hydrogens (tertiary/aromatic N) is 2. The highest BCUT2D eigenvalue weighted by Crippen LogP contribution is 2.30. The molecule has 0 aromatic heterocycles. The van der Waals surface area contributed by atoms with Gasteiger partial charge >= 0.3 is 5.97 Å². The van der Waals surface area contributed by atoms with Gasteiger partial charge in [0.2, 0.25) is 0 Å². The maximum absolute atomic E-state index is 11.2. The van der Waals surface area contributed by atoms with Crippen molar-refractivity contribution < 1.29 is 28.0 Å². The van der Waals surface area contributed by atoms with Gasteiger partial charge in [-0.1, -0.05) is 12.1 Å². The molecule has 8 nitrogen and oxygen atoms in total. The van der Waals surface area contributed by atoms with E-state index in [0.717, 1.165) is 0 Å². The zero-order chi connectivity index (χ0) is 19.8. The molecule has 0 unspecified atom stereocenters. The van der Waals surface area contributed by atoms with Crippen molar-refractivity contribution in [3.8, 4) is 5.75 Å². The molecule has 3 rings (SSSR count). The van der Waals surface area contributed by atoms with E-state index in [4.69, 9.17) is 9.66 Å². The van der Waals surface area contributed by atoms with Gasteiger partial charge in [-0.15, -0.1) is 0 Å². The van der Waals surface area contributed by atoms with Crippen LogP contribution in [-0.2, 0) is 10.1 Å². The lowest BCUT2D eigenvalue weighted by molar-refractivity contribution is 0.0693. The lowest BCUT2D eigenvalue weighted by Gasteiger charge is -2.04. The van der Waals surface area contributed by atoms with Gasteiger partial charge in [0.15, 0.2) is 0 Å². The second-order valence-electron chi connectivity index (χ2n) is 5.83. The van der Waals surface area contributed by atoms with E-state index in [9.17, 15) is 18.3 Å². The van der Waals surface area contributed by atoms with Gasteiger partial charge < -0.3 is 10.2 Å². The minimum Gasteiger partial charge on any atom is -0.507 e. The number of aromatic hydroxyl groups is 1. The Hall–Kier alpha value is -3.30. The molecule has 0 saturated carbocycles. The Balaban J connectivity index is 1.96. The number of fused-ring (bicyclic) bond motifs is 1. The van der Waals surface area contributed by atoms with Crippen LogP contribution in [-0.4, -0.2) is 29.2 Å². The fourth-order valence-corrected chi connectivity index (χ4v) is 3.05. The summed E-state index contributed by atoms with van der Waals surface area (Å²) < 4.78 is 31.5. The predicted molar refractivity (Wildman–Crippen MR) is 97.7 cm³/mol. The van der Waals surface area contributed by atoms with Crippen LogP contribution in [0.3, 0.4) is 0 Å². The molecular formula is C18H14N2O6S. The van der Waals surface area contributed by atoms with E-state index in [0.29, 0.717) is 22.0 Å². The fourth-order valence-electron chi connectivity index (χ4n) is 2.53. The third kappa shape index (κ3) is 3.94. The molecule has 3 aromatic carbocycles. The summed E-state index contributed by atoms with van der Waals surface area (Å²) in [5.41, 5.74) is 0.828. The first kappa shape index (κ1) is 18.5. The van der Waals surface area contributed by atoms with Crippen molar-refractivity contribution in [3.63, 3.8) is 0 Å². The Bertz CT molecular complexity index is 1200. The third-order valence-electron chi connectivity index (χ3n) is 3.89. The third-order valence-corrected chi connectivity index (χ3v) is 4.74. The SMILES string of the molecule is Cc1cc(N=Nc2ccc3cc(S(=O)(=O)O)ccc3c2)cc(C(=O)O)c1O. The number of azo groups is 1. The number of rotatable bonds is 4. The number of aryl methyl sites for hydroxylation is 1. The Labute approximate surface area is 154 Å². The molecule has 138 valence electrons. The second kappa shape index (κ2) is 6.78. The zero-order valence-corrected chi connectivity index (χ0v) is 14.8. The van der Waals surface area contributed by atoms with Crippen molar-refractivity contribution in [1.29, 1.82) is 0 Å². The highest BCUT2D eigenvalue weighted by molar-refractivity contribution is 7.85. The van der Waals surface area contributed by atoms with Crippen molar-refractivity contribution in [2.45, 2.75) is 11.8 Å². The Morgan fingerprint density at radius 1 is 0.926 bits per heavy atom. The van der Waals surface area contributed by atoms with Gasteiger partial charge in [0.25, 0.3) is 10.1 Å². The number of carboxylic acid groups (broad SMARTS) is 1. The van der Waals surface area contributed by atoms with Crippen LogP contribution in [0.4, 0.5) is 11.4 Å². The number of hydrogen-bond donors (Lipinski definition) is 3. The van der Waals surface area contributed by atoms with Gasteiger partial charge in [-0.25, -0.2) is 4.79 Å². The summed E-state index contributed by atoms with van der Waals surface area (Å²) in [4.78, 5) is 10.9. The highest BCUT2D eigenvalue weighted by Gasteiger charge is 2.13. The largest absolute Gasteiger partial charge is 0.507 e. The molecule has 3 aromatic rings. The molecule has 0 bridgehead atoms. The average molecular weight is 386 g/mol. The lowest BCUT2D eigenvalue weighted by Crippen LogP contribution is -1.97. The predicted octanol–water partition coefficient (Wildman–Crippen LogP) is 4.21. The number of carbonyl (C=O) groups is 1. The normalized spacial score (nSPS) is 11.9. The zero-order valence-electron chi connectivity index (χ0n) is 14.0. The molecule has 0 aliphatic rings. The molecule has 0 aliphatic carbocycles. The Morgan fingerprint density at radius 3 is 2.22 bits per heavy atom. The van der Waals surface area contributed by atoms with Gasteiger partial charge in [-0.05, 0) is 59.7 Å². The molecule has 9 heteroatoms. The van der Waals surface area contributed by atoms with Crippen molar-refractivity contribution in [2.75, 3.05) is 0 Å². The highest BCUT2D eigenvalue weighted by atomic mass is 32.2. The van der Waals surface area contributed by atoms with Gasteiger partial charge in [0.05, 0.1) is 16.3 Å². The fraction of sp³-hybridized carbons (Fsp3) is 0.0556. The van der Waals surface area contributed by atoms with Gasteiger partial charge in [-0.3, -0.25) is 4.55 Å². The molecule has 0 radical (unpaired) electrons. The first-order chi connectivity index (χ1) is 12.6. The molecule has 0 fully saturated rings. The Kier molecular flexibility index (Phi) is 4.64. The topological polar surface area (TPSA) is 137 Å².